The van der Waals surface area contributed by atoms with Crippen molar-refractivity contribution >= 4 is 28.8 Å². The van der Waals surface area contributed by atoms with Crippen molar-refractivity contribution in [2.75, 3.05) is 5.75 Å². The van der Waals surface area contributed by atoms with Crippen molar-refractivity contribution in [3.8, 4) is 6.07 Å². The Balaban J connectivity index is 4.26. The number of nitriles is 1. The molecule has 0 aliphatic rings. The van der Waals surface area contributed by atoms with E-state index < -0.39 is 30.4 Å². The molecule has 0 aromatic heterocycles. The number of carboxylic acid groups (broad SMARTS) is 1. The third-order valence-electron chi connectivity index (χ3n) is 1.75. The number of ether oxygens (including phenoxy) is 1. The minimum absolute atomic E-state index is 0.128. The number of thioether (sulfide) groups is 1. The summed E-state index contributed by atoms with van der Waals surface area (Å²) in [6.07, 6.45) is -1.84. The van der Waals surface area contributed by atoms with Crippen LogP contribution in [0, 0.1) is 17.2 Å². The molecule has 0 bridgehead atoms. The SMILES string of the molecule is CC(=O)SC[C@@H](C)C(=O)O[C@@H](CC#N)C(=O)O. The van der Waals surface area contributed by atoms with Crippen molar-refractivity contribution in [1.82, 2.24) is 0 Å². The van der Waals surface area contributed by atoms with Gasteiger partial charge in [-0.15, -0.1) is 0 Å². The summed E-state index contributed by atoms with van der Waals surface area (Å²) in [7, 11) is 0. The highest BCUT2D eigenvalue weighted by Gasteiger charge is 2.25. The molecular formula is C10H13NO5S. The zero-order chi connectivity index (χ0) is 13.4. The van der Waals surface area contributed by atoms with Gasteiger partial charge < -0.3 is 9.84 Å². The van der Waals surface area contributed by atoms with Gasteiger partial charge in [0.15, 0.2) is 5.12 Å². The van der Waals surface area contributed by atoms with Crippen LogP contribution in [-0.2, 0) is 19.1 Å². The number of nitrogens with zero attached hydrogens (tertiary/aromatic N) is 1. The molecule has 0 rings (SSSR count). The molecule has 7 heteroatoms. The van der Waals surface area contributed by atoms with Gasteiger partial charge in [0, 0.05) is 12.7 Å². The number of hydrogen-bond donors (Lipinski definition) is 1. The maximum atomic E-state index is 11.4. The van der Waals surface area contributed by atoms with Crippen molar-refractivity contribution < 1.29 is 24.2 Å². The highest BCUT2D eigenvalue weighted by Crippen LogP contribution is 2.12. The van der Waals surface area contributed by atoms with Crippen molar-refractivity contribution in [1.29, 1.82) is 5.26 Å². The van der Waals surface area contributed by atoms with Crippen LogP contribution in [0.15, 0.2) is 0 Å². The standard InChI is InChI=1S/C10H13NO5S/c1-6(5-17-7(2)12)10(15)16-8(3-4-11)9(13)14/h6,8H,3,5H2,1-2H3,(H,13,14)/t6-,8+/m1/s1. The second-order valence-corrected chi connectivity index (χ2v) is 4.53. The van der Waals surface area contributed by atoms with Crippen LogP contribution in [0.3, 0.4) is 0 Å². The van der Waals surface area contributed by atoms with Crippen LogP contribution in [0.1, 0.15) is 20.3 Å². The zero-order valence-electron chi connectivity index (χ0n) is 9.50. The van der Waals surface area contributed by atoms with Crippen LogP contribution in [0.5, 0.6) is 0 Å². The Morgan fingerprint density at radius 2 is 2.06 bits per heavy atom. The monoisotopic (exact) mass is 259 g/mol. The Morgan fingerprint density at radius 3 is 2.47 bits per heavy atom. The van der Waals surface area contributed by atoms with Gasteiger partial charge in [-0.05, 0) is 0 Å². The molecule has 0 spiro atoms. The zero-order valence-corrected chi connectivity index (χ0v) is 10.3. The molecule has 0 aromatic carbocycles. The molecule has 6 nitrogen and oxygen atoms in total. The van der Waals surface area contributed by atoms with E-state index in [1.54, 1.807) is 6.07 Å². The first-order valence-corrected chi connectivity index (χ1v) is 5.80. The van der Waals surface area contributed by atoms with Gasteiger partial charge in [0.05, 0.1) is 18.4 Å². The highest BCUT2D eigenvalue weighted by molar-refractivity contribution is 8.13. The van der Waals surface area contributed by atoms with Gasteiger partial charge in [0.2, 0.25) is 6.10 Å². The van der Waals surface area contributed by atoms with E-state index in [1.807, 2.05) is 0 Å². The Morgan fingerprint density at radius 1 is 1.47 bits per heavy atom. The number of rotatable bonds is 6. The van der Waals surface area contributed by atoms with Crippen molar-refractivity contribution in [2.45, 2.75) is 26.4 Å². The lowest BCUT2D eigenvalue weighted by molar-refractivity contribution is -0.165. The third kappa shape index (κ3) is 6.58. The molecule has 0 unspecified atom stereocenters. The number of esters is 1. The van der Waals surface area contributed by atoms with Crippen LogP contribution in [0.2, 0.25) is 0 Å². The van der Waals surface area contributed by atoms with Gasteiger partial charge in [-0.3, -0.25) is 9.59 Å². The highest BCUT2D eigenvalue weighted by atomic mass is 32.2. The van der Waals surface area contributed by atoms with E-state index in [4.69, 9.17) is 10.4 Å². The van der Waals surface area contributed by atoms with Crippen molar-refractivity contribution in [2.24, 2.45) is 5.92 Å². The first kappa shape index (κ1) is 15.4. The normalized spacial score (nSPS) is 13.2. The van der Waals surface area contributed by atoms with Crippen LogP contribution in [-0.4, -0.2) is 34.0 Å². The van der Waals surface area contributed by atoms with Gasteiger partial charge in [-0.1, -0.05) is 18.7 Å². The lowest BCUT2D eigenvalue weighted by Gasteiger charge is -2.14. The lowest BCUT2D eigenvalue weighted by atomic mass is 10.2. The molecule has 94 valence electrons. The van der Waals surface area contributed by atoms with E-state index in [1.165, 1.54) is 13.8 Å². The molecule has 0 radical (unpaired) electrons. The minimum Gasteiger partial charge on any atom is -0.478 e. The molecule has 2 atom stereocenters. The number of hydrogen-bond acceptors (Lipinski definition) is 6. The summed E-state index contributed by atoms with van der Waals surface area (Å²) in [5, 5.41) is 16.9. The third-order valence-corrected chi connectivity index (χ3v) is 2.82. The van der Waals surface area contributed by atoms with E-state index in [-0.39, 0.29) is 10.9 Å². The molecule has 17 heavy (non-hydrogen) atoms. The van der Waals surface area contributed by atoms with Gasteiger partial charge >= 0.3 is 11.9 Å². The van der Waals surface area contributed by atoms with Crippen LogP contribution in [0.25, 0.3) is 0 Å². The van der Waals surface area contributed by atoms with Gasteiger partial charge in [-0.25, -0.2) is 4.79 Å². The number of carbonyl (C=O) groups is 3. The van der Waals surface area contributed by atoms with E-state index in [9.17, 15) is 14.4 Å². The van der Waals surface area contributed by atoms with E-state index >= 15 is 0 Å². The lowest BCUT2D eigenvalue weighted by Crippen LogP contribution is -2.30. The van der Waals surface area contributed by atoms with Crippen LogP contribution in [0.4, 0.5) is 0 Å². The van der Waals surface area contributed by atoms with E-state index in [2.05, 4.69) is 4.74 Å². The van der Waals surface area contributed by atoms with Gasteiger partial charge in [0.1, 0.15) is 0 Å². The van der Waals surface area contributed by atoms with Crippen molar-refractivity contribution in [3.05, 3.63) is 0 Å². The Hall–Kier alpha value is -1.55. The maximum Gasteiger partial charge on any atom is 0.346 e. The van der Waals surface area contributed by atoms with Gasteiger partial charge in [-0.2, -0.15) is 5.26 Å². The van der Waals surface area contributed by atoms with E-state index in [0.717, 1.165) is 11.8 Å². The molecule has 1 N–H and O–H groups in total. The summed E-state index contributed by atoms with van der Waals surface area (Å²) in [6.45, 7) is 2.90. The largest absolute Gasteiger partial charge is 0.478 e. The Labute approximate surface area is 103 Å². The Kier molecular flexibility index (Phi) is 6.98. The number of aliphatic carboxylic acids is 1. The first-order chi connectivity index (χ1) is 7.88. The predicted molar refractivity (Wildman–Crippen MR) is 60.0 cm³/mol. The summed E-state index contributed by atoms with van der Waals surface area (Å²) in [5.41, 5.74) is 0. The molecule has 0 saturated heterocycles. The maximum absolute atomic E-state index is 11.4. The van der Waals surface area contributed by atoms with Gasteiger partial charge in [0.25, 0.3) is 0 Å². The topological polar surface area (TPSA) is 104 Å². The summed E-state index contributed by atoms with van der Waals surface area (Å²) in [5.74, 6) is -2.44. The fourth-order valence-corrected chi connectivity index (χ4v) is 1.45. The summed E-state index contributed by atoms with van der Waals surface area (Å²) in [6, 6.07) is 1.63. The fraction of sp³-hybridized carbons (Fsp3) is 0.600. The minimum atomic E-state index is -1.45. The summed E-state index contributed by atoms with van der Waals surface area (Å²) >= 11 is 0.964. The molecule has 0 amide bonds. The molecule has 0 saturated carbocycles. The molecule has 0 aliphatic heterocycles. The summed E-state index contributed by atoms with van der Waals surface area (Å²) in [4.78, 5) is 32.7. The van der Waals surface area contributed by atoms with Crippen LogP contribution < -0.4 is 0 Å². The molecule has 0 heterocycles. The average molecular weight is 259 g/mol. The fourth-order valence-electron chi connectivity index (χ4n) is 0.829. The first-order valence-electron chi connectivity index (χ1n) is 4.82. The molecule has 0 aliphatic carbocycles. The van der Waals surface area contributed by atoms with E-state index in [0.29, 0.717) is 0 Å². The second-order valence-electron chi connectivity index (χ2n) is 3.33. The number of carbonyl (C=O) groups excluding carboxylic acids is 2. The molecule has 0 aromatic rings. The Bertz CT molecular complexity index is 349. The molecular weight excluding hydrogens is 246 g/mol. The quantitative estimate of drug-likeness (QED) is 0.704. The second kappa shape index (κ2) is 7.68. The summed E-state index contributed by atoms with van der Waals surface area (Å²) < 4.78 is 4.66. The number of carboxylic acids is 1. The predicted octanol–water partition coefficient (Wildman–Crippen LogP) is 0.812. The van der Waals surface area contributed by atoms with Crippen molar-refractivity contribution in [3.63, 3.8) is 0 Å². The smallest absolute Gasteiger partial charge is 0.346 e. The molecule has 0 fully saturated rings. The van der Waals surface area contributed by atoms with Crippen LogP contribution >= 0.6 is 11.8 Å². The average Bonchev–Trinajstić information content (AvgIpc) is 2.24.